The number of ketones is 1. The summed E-state index contributed by atoms with van der Waals surface area (Å²) in [5, 5.41) is -1.03. The van der Waals surface area contributed by atoms with E-state index in [4.69, 9.17) is 9.47 Å². The van der Waals surface area contributed by atoms with Crippen LogP contribution in [0, 0.1) is 0 Å². The minimum atomic E-state index is -3.65. The van der Waals surface area contributed by atoms with Crippen molar-refractivity contribution in [2.75, 3.05) is 19.0 Å². The zero-order valence-corrected chi connectivity index (χ0v) is 14.8. The molecule has 0 bridgehead atoms. The molecule has 3 rings (SSSR count). The van der Waals surface area contributed by atoms with Crippen LogP contribution in [0.3, 0.4) is 0 Å². The lowest BCUT2D eigenvalue weighted by atomic mass is 10.0. The fourth-order valence-corrected chi connectivity index (χ4v) is 4.57. The standard InChI is InChI=1S/C17H17NO7S/c1-11(19)24-7-8-25-13-10-26(22,23)15-9-14(20)18(15)16(13)17(21)12-5-3-2-4-6-12/h2-6,15H,7-10H2,1H3/t15-/m0/s1. The van der Waals surface area contributed by atoms with Crippen molar-refractivity contribution in [1.82, 2.24) is 4.90 Å². The molecule has 0 saturated carbocycles. The lowest BCUT2D eigenvalue weighted by Gasteiger charge is -2.44. The van der Waals surface area contributed by atoms with Crippen LogP contribution in [0.1, 0.15) is 23.7 Å². The van der Waals surface area contributed by atoms with Crippen LogP contribution in [0.4, 0.5) is 0 Å². The second kappa shape index (κ2) is 6.91. The van der Waals surface area contributed by atoms with Crippen molar-refractivity contribution < 1.29 is 32.3 Å². The second-order valence-corrected chi connectivity index (χ2v) is 8.04. The van der Waals surface area contributed by atoms with E-state index in [0.29, 0.717) is 5.56 Å². The number of hydrogen-bond donors (Lipinski definition) is 0. The Bertz CT molecular complexity index is 889. The smallest absolute Gasteiger partial charge is 0.302 e. The van der Waals surface area contributed by atoms with E-state index in [9.17, 15) is 22.8 Å². The highest BCUT2D eigenvalue weighted by atomic mass is 32.2. The largest absolute Gasteiger partial charge is 0.491 e. The van der Waals surface area contributed by atoms with Crippen LogP contribution in [0.15, 0.2) is 41.8 Å². The number of fused-ring (bicyclic) bond motifs is 1. The number of amides is 1. The van der Waals surface area contributed by atoms with E-state index < -0.39 is 38.6 Å². The Morgan fingerprint density at radius 2 is 1.88 bits per heavy atom. The summed E-state index contributed by atoms with van der Waals surface area (Å²) in [6, 6.07) is 8.24. The van der Waals surface area contributed by atoms with Crippen LogP contribution < -0.4 is 0 Å². The molecular formula is C17H17NO7S. The van der Waals surface area contributed by atoms with Crippen molar-refractivity contribution in [3.63, 3.8) is 0 Å². The molecule has 0 N–H and O–H groups in total. The Kier molecular flexibility index (Phi) is 4.82. The van der Waals surface area contributed by atoms with Crippen LogP contribution >= 0.6 is 0 Å². The zero-order chi connectivity index (χ0) is 18.9. The number of Topliss-reactive ketones (excluding diaryl/α,β-unsaturated/α-hetero) is 1. The number of sulfone groups is 1. The molecule has 2 heterocycles. The van der Waals surface area contributed by atoms with Gasteiger partial charge < -0.3 is 9.47 Å². The molecule has 1 saturated heterocycles. The maximum Gasteiger partial charge on any atom is 0.302 e. The highest BCUT2D eigenvalue weighted by Gasteiger charge is 2.53. The van der Waals surface area contributed by atoms with E-state index in [0.717, 1.165) is 4.90 Å². The fourth-order valence-electron chi connectivity index (χ4n) is 2.85. The van der Waals surface area contributed by atoms with Crippen LogP contribution in [0.25, 0.3) is 0 Å². The molecule has 8 nitrogen and oxygen atoms in total. The minimum Gasteiger partial charge on any atom is -0.491 e. The number of benzene rings is 1. The van der Waals surface area contributed by atoms with E-state index in [1.54, 1.807) is 30.3 Å². The second-order valence-electron chi connectivity index (χ2n) is 5.89. The number of hydrogen-bond acceptors (Lipinski definition) is 7. The van der Waals surface area contributed by atoms with Gasteiger partial charge in [-0.05, 0) is 0 Å². The van der Waals surface area contributed by atoms with Crippen molar-refractivity contribution in [2.45, 2.75) is 18.7 Å². The molecule has 9 heteroatoms. The highest BCUT2D eigenvalue weighted by molar-refractivity contribution is 7.92. The topological polar surface area (TPSA) is 107 Å². The number of carbonyl (C=O) groups excluding carboxylic acids is 3. The van der Waals surface area contributed by atoms with E-state index in [1.165, 1.54) is 6.92 Å². The Morgan fingerprint density at radius 3 is 2.50 bits per heavy atom. The summed E-state index contributed by atoms with van der Waals surface area (Å²) in [6.07, 6.45) is -0.144. The molecule has 1 atom stereocenters. The molecule has 1 aromatic rings. The van der Waals surface area contributed by atoms with Crippen molar-refractivity contribution in [3.05, 3.63) is 47.4 Å². The molecule has 1 fully saturated rings. The lowest BCUT2D eigenvalue weighted by molar-refractivity contribution is -0.142. The number of β-lactam (4-membered cyclic amide) rings is 1. The van der Waals surface area contributed by atoms with Gasteiger partial charge in [0.15, 0.2) is 9.84 Å². The van der Waals surface area contributed by atoms with Gasteiger partial charge in [-0.3, -0.25) is 19.3 Å². The molecule has 1 amide bonds. The SMILES string of the molecule is CC(=O)OCCOC1=C(C(=O)c2ccccc2)N2C(=O)C[C@@H]2S(=O)(=O)C1. The summed E-state index contributed by atoms with van der Waals surface area (Å²) < 4.78 is 34.9. The zero-order valence-electron chi connectivity index (χ0n) is 14.0. The maximum absolute atomic E-state index is 12.9. The number of nitrogens with zero attached hydrogens (tertiary/aromatic N) is 1. The van der Waals surface area contributed by atoms with Crippen molar-refractivity contribution >= 4 is 27.5 Å². The first-order chi connectivity index (χ1) is 12.3. The third-order valence-corrected chi connectivity index (χ3v) is 5.94. The molecule has 0 radical (unpaired) electrons. The molecule has 0 spiro atoms. The third-order valence-electron chi connectivity index (χ3n) is 4.07. The Labute approximate surface area is 150 Å². The van der Waals surface area contributed by atoms with Gasteiger partial charge in [-0.25, -0.2) is 8.42 Å². The van der Waals surface area contributed by atoms with Crippen LogP contribution in [-0.2, 0) is 28.9 Å². The first kappa shape index (κ1) is 18.1. The van der Waals surface area contributed by atoms with Gasteiger partial charge in [0.1, 0.15) is 35.8 Å². The molecule has 1 aromatic carbocycles. The molecule has 2 aliphatic rings. The third kappa shape index (κ3) is 3.34. The van der Waals surface area contributed by atoms with Gasteiger partial charge in [0.25, 0.3) is 0 Å². The summed E-state index contributed by atoms with van der Waals surface area (Å²) in [7, 11) is -3.65. The quantitative estimate of drug-likeness (QED) is 0.309. The van der Waals surface area contributed by atoms with Crippen molar-refractivity contribution in [2.24, 2.45) is 0 Å². The summed E-state index contributed by atoms with van der Waals surface area (Å²) >= 11 is 0. The van der Waals surface area contributed by atoms with Crippen LogP contribution in [-0.4, -0.2) is 55.3 Å². The predicted molar refractivity (Wildman–Crippen MR) is 89.4 cm³/mol. The maximum atomic E-state index is 12.9. The Balaban J connectivity index is 1.95. The van der Waals surface area contributed by atoms with E-state index in [2.05, 4.69) is 0 Å². The number of rotatable bonds is 6. The number of allylic oxidation sites excluding steroid dienone is 1. The van der Waals surface area contributed by atoms with Crippen molar-refractivity contribution in [3.8, 4) is 0 Å². The van der Waals surface area contributed by atoms with Gasteiger partial charge in [-0.1, -0.05) is 30.3 Å². The Morgan fingerprint density at radius 1 is 1.19 bits per heavy atom. The summed E-state index contributed by atoms with van der Waals surface area (Å²) in [4.78, 5) is 36.7. The van der Waals surface area contributed by atoms with E-state index >= 15 is 0 Å². The van der Waals surface area contributed by atoms with Gasteiger partial charge >= 0.3 is 5.97 Å². The average Bonchev–Trinajstić information content (AvgIpc) is 2.59. The van der Waals surface area contributed by atoms with E-state index in [1.807, 2.05) is 0 Å². The predicted octanol–water partition coefficient (Wildman–Crippen LogP) is 0.647. The van der Waals surface area contributed by atoms with Gasteiger partial charge in [0.2, 0.25) is 11.7 Å². The minimum absolute atomic E-state index is 0.0601. The molecule has 0 aromatic heterocycles. The first-order valence-corrected chi connectivity index (χ1v) is 9.65. The van der Waals surface area contributed by atoms with Gasteiger partial charge in [0, 0.05) is 12.5 Å². The molecular weight excluding hydrogens is 362 g/mol. The average molecular weight is 379 g/mol. The highest BCUT2D eigenvalue weighted by Crippen LogP contribution is 2.37. The van der Waals surface area contributed by atoms with Crippen LogP contribution in [0.2, 0.25) is 0 Å². The van der Waals surface area contributed by atoms with E-state index in [-0.39, 0.29) is 31.1 Å². The summed E-state index contributed by atoms with van der Waals surface area (Å²) in [6.45, 7) is 1.02. The number of ether oxygens (including phenoxy) is 2. The monoisotopic (exact) mass is 379 g/mol. The van der Waals surface area contributed by atoms with Crippen molar-refractivity contribution in [1.29, 1.82) is 0 Å². The molecule has 138 valence electrons. The number of carbonyl (C=O) groups is 3. The number of esters is 1. The molecule has 26 heavy (non-hydrogen) atoms. The molecule has 0 aliphatic carbocycles. The first-order valence-electron chi connectivity index (χ1n) is 7.94. The molecule has 2 aliphatic heterocycles. The summed E-state index contributed by atoms with van der Waals surface area (Å²) in [5.74, 6) is -2.01. The van der Waals surface area contributed by atoms with Gasteiger partial charge in [-0.15, -0.1) is 0 Å². The molecule has 0 unspecified atom stereocenters. The normalized spacial score (nSPS) is 20.9. The Hall–Kier alpha value is -2.68. The summed E-state index contributed by atoms with van der Waals surface area (Å²) in [5.41, 5.74) is 0.261. The fraction of sp³-hybridized carbons (Fsp3) is 0.353. The van der Waals surface area contributed by atoms with Crippen LogP contribution in [0.5, 0.6) is 0 Å². The van der Waals surface area contributed by atoms with Gasteiger partial charge in [-0.2, -0.15) is 0 Å². The van der Waals surface area contributed by atoms with Gasteiger partial charge in [0.05, 0.1) is 6.42 Å². The lowest BCUT2D eigenvalue weighted by Crippen LogP contribution is -2.60.